The van der Waals surface area contributed by atoms with Crippen LogP contribution in [0.15, 0.2) is 40.7 Å². The van der Waals surface area contributed by atoms with Gasteiger partial charge in [-0.25, -0.2) is 0 Å². The van der Waals surface area contributed by atoms with Gasteiger partial charge in [0.25, 0.3) is 0 Å². The molecule has 0 aromatic rings. The fraction of sp³-hybridized carbons (Fsp3) is 0.588. The Morgan fingerprint density at radius 1 is 1.25 bits per heavy atom. The van der Waals surface area contributed by atoms with Crippen molar-refractivity contribution in [2.45, 2.75) is 33.6 Å². The van der Waals surface area contributed by atoms with E-state index in [4.69, 9.17) is 0 Å². The first kappa shape index (κ1) is 15.0. The van der Waals surface area contributed by atoms with Gasteiger partial charge >= 0.3 is 0 Å². The molecule has 0 unspecified atom stereocenters. The Bertz CT molecular complexity index is 447. The maximum Gasteiger partial charge on any atom is 0.0464 e. The highest BCUT2D eigenvalue weighted by Gasteiger charge is 2.30. The number of rotatable bonds is 5. The van der Waals surface area contributed by atoms with Gasteiger partial charge in [0.1, 0.15) is 0 Å². The Morgan fingerprint density at radius 2 is 1.90 bits per heavy atom. The molecule has 2 fully saturated rings. The monoisotopic (exact) mass is 273 g/mol. The molecule has 1 aliphatic carbocycles. The van der Waals surface area contributed by atoms with E-state index in [2.05, 4.69) is 48.6 Å². The number of aliphatic imine (C=N–C) groups is 1. The van der Waals surface area contributed by atoms with Gasteiger partial charge in [-0.2, -0.15) is 0 Å². The molecule has 0 bridgehead atoms. The van der Waals surface area contributed by atoms with Crippen LogP contribution in [0.25, 0.3) is 0 Å². The van der Waals surface area contributed by atoms with Crippen molar-refractivity contribution in [1.29, 1.82) is 0 Å². The van der Waals surface area contributed by atoms with Crippen molar-refractivity contribution in [3.8, 4) is 0 Å². The lowest BCUT2D eigenvalue weighted by atomic mass is 9.95. The molecule has 20 heavy (non-hydrogen) atoms. The first-order valence-electron chi connectivity index (χ1n) is 7.67. The molecule has 0 atom stereocenters. The number of hydrogen-bond donors (Lipinski definition) is 1. The highest BCUT2D eigenvalue weighted by atomic mass is 15.2. The molecule has 2 aliphatic rings. The minimum Gasteiger partial charge on any atom is -0.372 e. The van der Waals surface area contributed by atoms with E-state index >= 15 is 0 Å². The van der Waals surface area contributed by atoms with Crippen LogP contribution < -0.4 is 5.32 Å². The zero-order valence-corrected chi connectivity index (χ0v) is 13.1. The molecule has 0 aromatic heterocycles. The maximum atomic E-state index is 4.46. The van der Waals surface area contributed by atoms with Crippen LogP contribution in [-0.2, 0) is 0 Å². The smallest absolute Gasteiger partial charge is 0.0464 e. The molecule has 1 aliphatic heterocycles. The van der Waals surface area contributed by atoms with E-state index < -0.39 is 0 Å². The molecule has 3 heteroatoms. The van der Waals surface area contributed by atoms with Gasteiger partial charge in [0.15, 0.2) is 0 Å². The molecule has 1 N–H and O–H groups in total. The van der Waals surface area contributed by atoms with Crippen LogP contribution in [0.4, 0.5) is 0 Å². The summed E-state index contributed by atoms with van der Waals surface area (Å²) in [5.74, 6) is 0.739. The van der Waals surface area contributed by atoms with Crippen LogP contribution in [0.5, 0.6) is 0 Å². The van der Waals surface area contributed by atoms with Crippen molar-refractivity contribution in [2.75, 3.05) is 26.2 Å². The average Bonchev–Trinajstić information content (AvgIpc) is 3.29. The second kappa shape index (κ2) is 6.89. The number of hydrogen-bond acceptors (Lipinski definition) is 3. The Morgan fingerprint density at radius 3 is 2.40 bits per heavy atom. The Labute approximate surface area is 123 Å². The van der Waals surface area contributed by atoms with Crippen LogP contribution in [0, 0.1) is 5.92 Å². The molecule has 0 aromatic carbocycles. The molecule has 0 radical (unpaired) electrons. The highest BCUT2D eigenvalue weighted by Crippen LogP contribution is 2.41. The van der Waals surface area contributed by atoms with E-state index in [1.165, 1.54) is 29.7 Å². The van der Waals surface area contributed by atoms with Crippen LogP contribution >= 0.6 is 0 Å². The SMILES string of the molecule is C=CN=C(C)C(/C(=C\C)C1CC1)=C(\C)N1CCNCC1. The number of nitrogens with one attached hydrogen (secondary N) is 1. The normalized spacial score (nSPS) is 22.6. The third kappa shape index (κ3) is 3.40. The zero-order chi connectivity index (χ0) is 14.5. The summed E-state index contributed by atoms with van der Waals surface area (Å²) in [6.45, 7) is 14.5. The van der Waals surface area contributed by atoms with Crippen LogP contribution in [0.3, 0.4) is 0 Å². The molecule has 2 rings (SSSR count). The molecular weight excluding hydrogens is 246 g/mol. The van der Waals surface area contributed by atoms with E-state index in [1.54, 1.807) is 6.20 Å². The van der Waals surface area contributed by atoms with Gasteiger partial charge < -0.3 is 10.2 Å². The van der Waals surface area contributed by atoms with Gasteiger partial charge in [-0.1, -0.05) is 12.7 Å². The van der Waals surface area contributed by atoms with Gasteiger partial charge in [0, 0.05) is 49.4 Å². The van der Waals surface area contributed by atoms with Gasteiger partial charge in [-0.15, -0.1) is 0 Å². The van der Waals surface area contributed by atoms with E-state index in [-0.39, 0.29) is 0 Å². The molecule has 110 valence electrons. The minimum atomic E-state index is 0.739. The molecule has 1 saturated carbocycles. The number of piperazine rings is 1. The van der Waals surface area contributed by atoms with E-state index in [0.717, 1.165) is 37.8 Å². The predicted molar refractivity (Wildman–Crippen MR) is 86.9 cm³/mol. The molecule has 0 amide bonds. The number of allylic oxidation sites excluding steroid dienone is 4. The Balaban J connectivity index is 2.37. The third-order valence-electron chi connectivity index (χ3n) is 4.22. The van der Waals surface area contributed by atoms with Crippen molar-refractivity contribution in [3.05, 3.63) is 35.7 Å². The predicted octanol–water partition coefficient (Wildman–Crippen LogP) is 3.13. The van der Waals surface area contributed by atoms with E-state index in [9.17, 15) is 0 Å². The van der Waals surface area contributed by atoms with Gasteiger partial charge in [-0.3, -0.25) is 4.99 Å². The summed E-state index contributed by atoms with van der Waals surface area (Å²) in [6.07, 6.45) is 6.57. The summed E-state index contributed by atoms with van der Waals surface area (Å²) in [7, 11) is 0. The fourth-order valence-corrected chi connectivity index (χ4v) is 3.02. The summed E-state index contributed by atoms with van der Waals surface area (Å²) in [5.41, 5.74) is 5.28. The third-order valence-corrected chi connectivity index (χ3v) is 4.22. The summed E-state index contributed by atoms with van der Waals surface area (Å²) in [5, 5.41) is 3.42. The second-order valence-corrected chi connectivity index (χ2v) is 5.61. The van der Waals surface area contributed by atoms with E-state index in [0.29, 0.717) is 0 Å². The lowest BCUT2D eigenvalue weighted by molar-refractivity contribution is 0.298. The topological polar surface area (TPSA) is 27.6 Å². The summed E-state index contributed by atoms with van der Waals surface area (Å²) < 4.78 is 0. The van der Waals surface area contributed by atoms with Crippen molar-refractivity contribution < 1.29 is 0 Å². The van der Waals surface area contributed by atoms with Crippen LogP contribution in [0.2, 0.25) is 0 Å². The van der Waals surface area contributed by atoms with Crippen molar-refractivity contribution in [3.63, 3.8) is 0 Å². The zero-order valence-electron chi connectivity index (χ0n) is 13.1. The van der Waals surface area contributed by atoms with Crippen LogP contribution in [-0.4, -0.2) is 36.8 Å². The first-order valence-corrected chi connectivity index (χ1v) is 7.67. The maximum absolute atomic E-state index is 4.46. The van der Waals surface area contributed by atoms with Crippen molar-refractivity contribution in [1.82, 2.24) is 10.2 Å². The lowest BCUT2D eigenvalue weighted by Gasteiger charge is -2.32. The molecule has 3 nitrogen and oxygen atoms in total. The summed E-state index contributed by atoms with van der Waals surface area (Å²) in [6, 6.07) is 0. The van der Waals surface area contributed by atoms with Gasteiger partial charge in [-0.05, 0) is 45.1 Å². The van der Waals surface area contributed by atoms with Crippen LogP contribution in [0.1, 0.15) is 33.6 Å². The average molecular weight is 273 g/mol. The standard InChI is InChI=1S/C17H27N3/c1-5-16(15-7-8-15)17(13(3)19-6-2)14(4)20-11-9-18-10-12-20/h5-6,15,18H,2,7-12H2,1,3-4H3/b16-5-,17-14-,19-13?. The van der Waals surface area contributed by atoms with Crippen molar-refractivity contribution in [2.24, 2.45) is 10.9 Å². The first-order chi connectivity index (χ1) is 9.69. The largest absolute Gasteiger partial charge is 0.372 e. The highest BCUT2D eigenvalue weighted by molar-refractivity contribution is 6.03. The quantitative estimate of drug-likeness (QED) is 0.615. The summed E-state index contributed by atoms with van der Waals surface area (Å²) in [4.78, 5) is 6.95. The Kier molecular flexibility index (Phi) is 5.18. The molecule has 1 saturated heterocycles. The fourth-order valence-electron chi connectivity index (χ4n) is 3.02. The minimum absolute atomic E-state index is 0.739. The second-order valence-electron chi connectivity index (χ2n) is 5.61. The molecule has 0 spiro atoms. The van der Waals surface area contributed by atoms with E-state index in [1.807, 2.05) is 0 Å². The van der Waals surface area contributed by atoms with Crippen molar-refractivity contribution >= 4 is 5.71 Å². The lowest BCUT2D eigenvalue weighted by Crippen LogP contribution is -2.43. The molecule has 1 heterocycles. The Hall–Kier alpha value is -1.35. The van der Waals surface area contributed by atoms with Gasteiger partial charge in [0.2, 0.25) is 0 Å². The number of nitrogens with zero attached hydrogens (tertiary/aromatic N) is 2. The molecular formula is C17H27N3. The summed E-state index contributed by atoms with van der Waals surface area (Å²) >= 11 is 0. The van der Waals surface area contributed by atoms with Gasteiger partial charge in [0.05, 0.1) is 0 Å².